The number of nitro groups is 1. The number of hydrogen-bond donors (Lipinski definition) is 1. The second kappa shape index (κ2) is 6.74. The highest BCUT2D eigenvalue weighted by molar-refractivity contribution is 6.32. The van der Waals surface area contributed by atoms with Gasteiger partial charge in [-0.3, -0.25) is 19.8 Å². The van der Waals surface area contributed by atoms with Gasteiger partial charge in [0.15, 0.2) is 0 Å². The van der Waals surface area contributed by atoms with Crippen LogP contribution in [0.2, 0.25) is 5.02 Å². The van der Waals surface area contributed by atoms with Crippen molar-refractivity contribution in [2.45, 2.75) is 6.17 Å². The maximum atomic E-state index is 13.2. The van der Waals surface area contributed by atoms with Crippen LogP contribution in [0.1, 0.15) is 22.1 Å². The molecule has 0 fully saturated rings. The molecule has 1 amide bonds. The van der Waals surface area contributed by atoms with E-state index >= 15 is 0 Å². The van der Waals surface area contributed by atoms with E-state index in [0.29, 0.717) is 22.5 Å². The summed E-state index contributed by atoms with van der Waals surface area (Å²) in [6.07, 6.45) is -0.606. The number of nitrogens with zero attached hydrogens (tertiary/aromatic N) is 2. The number of benzene rings is 3. The zero-order chi connectivity index (χ0) is 19.0. The summed E-state index contributed by atoms with van der Waals surface area (Å²) < 4.78 is 0. The third-order valence-electron chi connectivity index (χ3n) is 4.44. The number of fused-ring (bicyclic) bond motifs is 1. The molecule has 134 valence electrons. The van der Waals surface area contributed by atoms with Crippen LogP contribution in [0.4, 0.5) is 17.1 Å². The number of para-hydroxylation sites is 2. The van der Waals surface area contributed by atoms with Crippen molar-refractivity contribution >= 4 is 34.6 Å². The molecule has 3 aromatic rings. The van der Waals surface area contributed by atoms with Crippen molar-refractivity contribution in [1.29, 1.82) is 0 Å². The van der Waals surface area contributed by atoms with Crippen molar-refractivity contribution in [3.05, 3.63) is 99.1 Å². The van der Waals surface area contributed by atoms with Gasteiger partial charge in [-0.2, -0.15) is 0 Å². The standard InChI is InChI=1S/C20H14ClN3O3/c21-16-11-10-13(12-18(16)24(26)27)19-22-17-9-5-4-8-15(17)20(25)23(19)14-6-2-1-3-7-14/h1-12,19,22H. The summed E-state index contributed by atoms with van der Waals surface area (Å²) in [4.78, 5) is 25.6. The summed E-state index contributed by atoms with van der Waals surface area (Å²) in [6, 6.07) is 20.9. The first-order valence-electron chi connectivity index (χ1n) is 8.24. The average molecular weight is 380 g/mol. The molecule has 0 saturated carbocycles. The van der Waals surface area contributed by atoms with Crippen LogP contribution >= 0.6 is 11.6 Å². The number of nitro benzene ring substituents is 1. The van der Waals surface area contributed by atoms with E-state index in [4.69, 9.17) is 11.6 Å². The van der Waals surface area contributed by atoms with Crippen LogP contribution in [0.3, 0.4) is 0 Å². The van der Waals surface area contributed by atoms with Crippen molar-refractivity contribution in [2.24, 2.45) is 0 Å². The Balaban J connectivity index is 1.88. The monoisotopic (exact) mass is 379 g/mol. The summed E-state index contributed by atoms with van der Waals surface area (Å²) in [7, 11) is 0. The molecule has 1 N–H and O–H groups in total. The minimum atomic E-state index is -0.606. The number of anilines is 2. The van der Waals surface area contributed by atoms with Crippen molar-refractivity contribution in [1.82, 2.24) is 0 Å². The molecule has 1 aliphatic rings. The highest BCUT2D eigenvalue weighted by Crippen LogP contribution is 2.38. The van der Waals surface area contributed by atoms with E-state index < -0.39 is 11.1 Å². The topological polar surface area (TPSA) is 75.5 Å². The first kappa shape index (κ1) is 17.1. The lowest BCUT2D eigenvalue weighted by atomic mass is 10.0. The summed E-state index contributed by atoms with van der Waals surface area (Å²) >= 11 is 5.95. The van der Waals surface area contributed by atoms with Gasteiger partial charge in [-0.05, 0) is 30.3 Å². The first-order chi connectivity index (χ1) is 13.1. The highest BCUT2D eigenvalue weighted by Gasteiger charge is 2.34. The molecule has 0 radical (unpaired) electrons. The molecule has 1 heterocycles. The second-order valence-electron chi connectivity index (χ2n) is 6.07. The minimum absolute atomic E-state index is 0.0533. The van der Waals surface area contributed by atoms with E-state index in [1.165, 1.54) is 12.1 Å². The minimum Gasteiger partial charge on any atom is -0.360 e. The van der Waals surface area contributed by atoms with Crippen molar-refractivity contribution < 1.29 is 9.72 Å². The molecule has 4 rings (SSSR count). The second-order valence-corrected chi connectivity index (χ2v) is 6.48. The molecule has 0 bridgehead atoms. The molecule has 1 aliphatic heterocycles. The highest BCUT2D eigenvalue weighted by atomic mass is 35.5. The fraction of sp³-hybridized carbons (Fsp3) is 0.0500. The number of carbonyl (C=O) groups is 1. The fourth-order valence-electron chi connectivity index (χ4n) is 3.18. The molecule has 0 saturated heterocycles. The Morgan fingerprint density at radius 2 is 1.70 bits per heavy atom. The zero-order valence-corrected chi connectivity index (χ0v) is 14.8. The Morgan fingerprint density at radius 3 is 2.44 bits per heavy atom. The molecule has 7 heteroatoms. The van der Waals surface area contributed by atoms with E-state index in [9.17, 15) is 14.9 Å². The maximum absolute atomic E-state index is 13.2. The van der Waals surface area contributed by atoms with E-state index in [1.807, 2.05) is 42.5 Å². The first-order valence-corrected chi connectivity index (χ1v) is 8.62. The molecule has 3 aromatic carbocycles. The van der Waals surface area contributed by atoms with Gasteiger partial charge < -0.3 is 5.32 Å². The predicted octanol–water partition coefficient (Wildman–Crippen LogP) is 5.02. The molecular formula is C20H14ClN3O3. The Kier molecular flexibility index (Phi) is 4.25. The van der Waals surface area contributed by atoms with Gasteiger partial charge in [-0.1, -0.05) is 48.0 Å². The molecular weight excluding hydrogens is 366 g/mol. The Labute approximate surface area is 160 Å². The number of nitrogens with one attached hydrogen (secondary N) is 1. The maximum Gasteiger partial charge on any atom is 0.288 e. The Hall–Kier alpha value is -3.38. The Morgan fingerprint density at radius 1 is 1.00 bits per heavy atom. The zero-order valence-electron chi connectivity index (χ0n) is 14.0. The van der Waals surface area contributed by atoms with Crippen LogP contribution in [-0.4, -0.2) is 10.8 Å². The molecule has 0 aromatic heterocycles. The third-order valence-corrected chi connectivity index (χ3v) is 4.76. The number of rotatable bonds is 3. The summed E-state index contributed by atoms with van der Waals surface area (Å²) in [5, 5.41) is 14.7. The predicted molar refractivity (Wildman–Crippen MR) is 104 cm³/mol. The van der Waals surface area contributed by atoms with Gasteiger partial charge in [0.2, 0.25) is 0 Å². The largest absolute Gasteiger partial charge is 0.360 e. The quantitative estimate of drug-likeness (QED) is 0.512. The van der Waals surface area contributed by atoms with Crippen LogP contribution in [0.15, 0.2) is 72.8 Å². The third kappa shape index (κ3) is 3.00. The number of amides is 1. The molecule has 6 nitrogen and oxygen atoms in total. The summed E-state index contributed by atoms with van der Waals surface area (Å²) in [6.45, 7) is 0. The van der Waals surface area contributed by atoms with Crippen molar-refractivity contribution in [3.8, 4) is 0 Å². The number of carbonyl (C=O) groups excluding carboxylic acids is 1. The Bertz CT molecular complexity index is 1040. The molecule has 1 unspecified atom stereocenters. The lowest BCUT2D eigenvalue weighted by Crippen LogP contribution is -2.43. The lowest BCUT2D eigenvalue weighted by molar-refractivity contribution is -0.384. The van der Waals surface area contributed by atoms with Gasteiger partial charge in [0.05, 0.1) is 10.5 Å². The van der Waals surface area contributed by atoms with E-state index in [0.717, 1.165) is 0 Å². The lowest BCUT2D eigenvalue weighted by Gasteiger charge is -2.38. The van der Waals surface area contributed by atoms with Gasteiger partial charge in [0, 0.05) is 23.0 Å². The normalized spacial score (nSPS) is 15.8. The van der Waals surface area contributed by atoms with Crippen LogP contribution in [-0.2, 0) is 0 Å². The number of halogens is 1. The van der Waals surface area contributed by atoms with E-state index in [-0.39, 0.29) is 16.6 Å². The summed E-state index contributed by atoms with van der Waals surface area (Å²) in [5.41, 5.74) is 2.28. The number of hydrogen-bond acceptors (Lipinski definition) is 4. The van der Waals surface area contributed by atoms with Crippen LogP contribution in [0, 0.1) is 10.1 Å². The van der Waals surface area contributed by atoms with Gasteiger partial charge in [-0.25, -0.2) is 0 Å². The van der Waals surface area contributed by atoms with Crippen LogP contribution < -0.4 is 10.2 Å². The van der Waals surface area contributed by atoms with Crippen LogP contribution in [0.25, 0.3) is 0 Å². The summed E-state index contributed by atoms with van der Waals surface area (Å²) in [5.74, 6) is -0.182. The molecule has 0 aliphatic carbocycles. The van der Waals surface area contributed by atoms with Gasteiger partial charge in [-0.15, -0.1) is 0 Å². The molecule has 0 spiro atoms. The van der Waals surface area contributed by atoms with E-state index in [2.05, 4.69) is 5.32 Å². The van der Waals surface area contributed by atoms with Crippen molar-refractivity contribution in [2.75, 3.05) is 10.2 Å². The average Bonchev–Trinajstić information content (AvgIpc) is 2.69. The SMILES string of the molecule is O=C1c2ccccc2NC(c2ccc(Cl)c([N+](=O)[O-])c2)N1c1ccccc1. The molecule has 27 heavy (non-hydrogen) atoms. The molecule has 1 atom stereocenters. The van der Waals surface area contributed by atoms with Gasteiger partial charge >= 0.3 is 0 Å². The van der Waals surface area contributed by atoms with E-state index in [1.54, 1.807) is 23.1 Å². The van der Waals surface area contributed by atoms with Gasteiger partial charge in [0.25, 0.3) is 11.6 Å². The smallest absolute Gasteiger partial charge is 0.288 e. The fourth-order valence-corrected chi connectivity index (χ4v) is 3.37. The van der Waals surface area contributed by atoms with Crippen LogP contribution in [0.5, 0.6) is 0 Å². The van der Waals surface area contributed by atoms with Crippen molar-refractivity contribution in [3.63, 3.8) is 0 Å². The van der Waals surface area contributed by atoms with Gasteiger partial charge in [0.1, 0.15) is 11.2 Å².